The standard InChI is InChI=1S/C17H37N5.HI/c1-4-11-21(12-5-2)13-8-10-19-17(18)20-15-16-9-7-14-22(16)6-3;/h16H,4-15H2,1-3H3,(H3,18,19,20);1H. The number of halogens is 1. The summed E-state index contributed by atoms with van der Waals surface area (Å²) in [6.07, 6.45) is 6.14. The lowest BCUT2D eigenvalue weighted by atomic mass is 10.2. The van der Waals surface area contributed by atoms with Crippen molar-refractivity contribution in [2.45, 2.75) is 58.9 Å². The third kappa shape index (κ3) is 9.72. The topological polar surface area (TPSA) is 56.9 Å². The number of rotatable bonds is 11. The van der Waals surface area contributed by atoms with Gasteiger partial charge in [-0.15, -0.1) is 24.0 Å². The minimum atomic E-state index is 0. The molecule has 1 aliphatic heterocycles. The van der Waals surface area contributed by atoms with Gasteiger partial charge in [0.25, 0.3) is 0 Å². The molecule has 0 spiro atoms. The van der Waals surface area contributed by atoms with Crippen LogP contribution in [0.15, 0.2) is 4.99 Å². The summed E-state index contributed by atoms with van der Waals surface area (Å²) in [6, 6.07) is 0.593. The third-order valence-electron chi connectivity index (χ3n) is 4.41. The van der Waals surface area contributed by atoms with Crippen LogP contribution in [0.4, 0.5) is 0 Å². The molecule has 1 saturated heterocycles. The molecule has 1 fully saturated rings. The number of nitrogens with two attached hydrogens (primary N) is 1. The Morgan fingerprint density at radius 1 is 1.22 bits per heavy atom. The smallest absolute Gasteiger partial charge is 0.188 e. The van der Waals surface area contributed by atoms with Crippen molar-refractivity contribution >= 4 is 29.9 Å². The van der Waals surface area contributed by atoms with Crippen molar-refractivity contribution in [3.8, 4) is 0 Å². The van der Waals surface area contributed by atoms with E-state index in [1.807, 2.05) is 0 Å². The van der Waals surface area contributed by atoms with Crippen LogP contribution >= 0.6 is 24.0 Å². The summed E-state index contributed by atoms with van der Waals surface area (Å²) in [7, 11) is 0. The zero-order valence-electron chi connectivity index (χ0n) is 15.4. The van der Waals surface area contributed by atoms with Gasteiger partial charge in [0.15, 0.2) is 5.96 Å². The largest absolute Gasteiger partial charge is 0.370 e. The van der Waals surface area contributed by atoms with Crippen molar-refractivity contribution in [3.05, 3.63) is 0 Å². The van der Waals surface area contributed by atoms with Crippen LogP contribution in [0, 0.1) is 0 Å². The summed E-state index contributed by atoms with van der Waals surface area (Å²) in [4.78, 5) is 9.56. The fourth-order valence-electron chi connectivity index (χ4n) is 3.26. The van der Waals surface area contributed by atoms with E-state index in [1.165, 1.54) is 45.3 Å². The first-order valence-electron chi connectivity index (χ1n) is 9.21. The Morgan fingerprint density at radius 2 is 1.91 bits per heavy atom. The van der Waals surface area contributed by atoms with Crippen molar-refractivity contribution in [2.24, 2.45) is 10.7 Å². The normalized spacial score (nSPS) is 19.1. The van der Waals surface area contributed by atoms with Crippen molar-refractivity contribution in [1.29, 1.82) is 0 Å². The maximum atomic E-state index is 5.98. The molecule has 0 aromatic rings. The summed E-state index contributed by atoms with van der Waals surface area (Å²) >= 11 is 0. The molecule has 0 aromatic carbocycles. The van der Waals surface area contributed by atoms with Gasteiger partial charge in [0.05, 0.1) is 6.54 Å². The lowest BCUT2D eigenvalue weighted by Crippen LogP contribution is -2.37. The quantitative estimate of drug-likeness (QED) is 0.225. The number of likely N-dealkylation sites (N-methyl/N-ethyl adjacent to an activating group) is 1. The van der Waals surface area contributed by atoms with Crippen LogP contribution in [0.1, 0.15) is 52.9 Å². The van der Waals surface area contributed by atoms with Crippen LogP contribution in [-0.4, -0.2) is 67.6 Å². The number of nitrogens with one attached hydrogen (secondary N) is 1. The van der Waals surface area contributed by atoms with Crippen molar-refractivity contribution in [3.63, 3.8) is 0 Å². The molecule has 0 saturated carbocycles. The molecule has 1 unspecified atom stereocenters. The fraction of sp³-hybridized carbons (Fsp3) is 0.941. The number of likely N-dealkylation sites (tertiary alicyclic amines) is 1. The van der Waals surface area contributed by atoms with Crippen molar-refractivity contribution in [2.75, 3.05) is 45.8 Å². The van der Waals surface area contributed by atoms with Crippen LogP contribution in [0.2, 0.25) is 0 Å². The Bertz CT molecular complexity index is 305. The van der Waals surface area contributed by atoms with E-state index < -0.39 is 0 Å². The van der Waals surface area contributed by atoms with Crippen LogP contribution in [-0.2, 0) is 0 Å². The molecule has 1 atom stereocenters. The van der Waals surface area contributed by atoms with Gasteiger partial charge in [-0.2, -0.15) is 0 Å². The molecule has 0 amide bonds. The third-order valence-corrected chi connectivity index (χ3v) is 4.41. The Balaban J connectivity index is 0.00000484. The van der Waals surface area contributed by atoms with Crippen molar-refractivity contribution in [1.82, 2.24) is 15.1 Å². The number of guanidine groups is 1. The lowest BCUT2D eigenvalue weighted by molar-refractivity contribution is 0.271. The molecule has 3 N–H and O–H groups in total. The summed E-state index contributed by atoms with van der Waals surface area (Å²) in [5.74, 6) is 0.612. The summed E-state index contributed by atoms with van der Waals surface area (Å²) in [5, 5.41) is 3.26. The van der Waals surface area contributed by atoms with Crippen LogP contribution in [0.25, 0.3) is 0 Å². The predicted octanol–water partition coefficient (Wildman–Crippen LogP) is 2.51. The van der Waals surface area contributed by atoms with E-state index in [1.54, 1.807) is 0 Å². The summed E-state index contributed by atoms with van der Waals surface area (Å²) in [5.41, 5.74) is 5.98. The van der Waals surface area contributed by atoms with E-state index in [0.717, 1.165) is 32.6 Å². The van der Waals surface area contributed by atoms with E-state index in [0.29, 0.717) is 12.0 Å². The molecule has 0 aliphatic carbocycles. The second kappa shape index (κ2) is 14.3. The minimum absolute atomic E-state index is 0. The molecule has 1 rings (SSSR count). The predicted molar refractivity (Wildman–Crippen MR) is 112 cm³/mol. The van der Waals surface area contributed by atoms with Gasteiger partial charge in [0.2, 0.25) is 0 Å². The number of hydrogen-bond donors (Lipinski definition) is 2. The second-order valence-corrected chi connectivity index (χ2v) is 6.27. The van der Waals surface area contributed by atoms with Crippen LogP contribution in [0.5, 0.6) is 0 Å². The van der Waals surface area contributed by atoms with Crippen molar-refractivity contribution < 1.29 is 0 Å². The molecular formula is C17H38IN5. The van der Waals surface area contributed by atoms with Crippen LogP contribution in [0.3, 0.4) is 0 Å². The fourth-order valence-corrected chi connectivity index (χ4v) is 3.26. The number of nitrogens with zero attached hydrogens (tertiary/aromatic N) is 3. The Labute approximate surface area is 160 Å². The van der Waals surface area contributed by atoms with Gasteiger partial charge >= 0.3 is 0 Å². The zero-order valence-corrected chi connectivity index (χ0v) is 17.7. The lowest BCUT2D eigenvalue weighted by Gasteiger charge is -2.21. The van der Waals surface area contributed by atoms with Gasteiger partial charge in [-0.1, -0.05) is 20.8 Å². The zero-order chi connectivity index (χ0) is 16.2. The summed E-state index contributed by atoms with van der Waals surface area (Å²) in [6.45, 7) is 14.4. The maximum Gasteiger partial charge on any atom is 0.188 e. The molecule has 138 valence electrons. The van der Waals surface area contributed by atoms with Gasteiger partial charge < -0.3 is 16.0 Å². The average Bonchev–Trinajstić information content (AvgIpc) is 2.97. The summed E-state index contributed by atoms with van der Waals surface area (Å²) < 4.78 is 0. The highest BCUT2D eigenvalue weighted by molar-refractivity contribution is 14.0. The molecule has 0 bridgehead atoms. The Kier molecular flexibility index (Phi) is 14.2. The number of hydrogen-bond acceptors (Lipinski definition) is 3. The van der Waals surface area contributed by atoms with Gasteiger partial charge in [0, 0.05) is 12.6 Å². The first-order valence-corrected chi connectivity index (χ1v) is 9.21. The highest BCUT2D eigenvalue weighted by Crippen LogP contribution is 2.16. The van der Waals surface area contributed by atoms with E-state index in [-0.39, 0.29) is 24.0 Å². The second-order valence-electron chi connectivity index (χ2n) is 6.27. The van der Waals surface area contributed by atoms with Gasteiger partial charge in [-0.3, -0.25) is 9.89 Å². The van der Waals surface area contributed by atoms with E-state index in [4.69, 9.17) is 5.73 Å². The SMILES string of the molecule is CCCN(CCC)CCCNC(N)=NCC1CCCN1CC.I. The minimum Gasteiger partial charge on any atom is -0.370 e. The molecule has 1 aliphatic rings. The van der Waals surface area contributed by atoms with Gasteiger partial charge in [0.1, 0.15) is 0 Å². The molecule has 0 radical (unpaired) electrons. The van der Waals surface area contributed by atoms with E-state index in [9.17, 15) is 0 Å². The highest BCUT2D eigenvalue weighted by Gasteiger charge is 2.22. The molecular weight excluding hydrogens is 401 g/mol. The van der Waals surface area contributed by atoms with Gasteiger partial charge in [-0.25, -0.2) is 0 Å². The molecule has 6 heteroatoms. The first kappa shape index (κ1) is 22.9. The monoisotopic (exact) mass is 439 g/mol. The number of aliphatic imine (C=N–C) groups is 1. The van der Waals surface area contributed by atoms with Crippen LogP contribution < -0.4 is 11.1 Å². The molecule has 1 heterocycles. The molecule has 23 heavy (non-hydrogen) atoms. The Hall–Kier alpha value is -0.0800. The van der Waals surface area contributed by atoms with Gasteiger partial charge in [-0.05, 0) is 64.8 Å². The average molecular weight is 439 g/mol. The molecule has 5 nitrogen and oxygen atoms in total. The maximum absolute atomic E-state index is 5.98. The molecule has 0 aromatic heterocycles. The van der Waals surface area contributed by atoms with E-state index >= 15 is 0 Å². The first-order chi connectivity index (χ1) is 10.7. The Morgan fingerprint density at radius 3 is 2.52 bits per heavy atom. The van der Waals surface area contributed by atoms with E-state index in [2.05, 4.69) is 40.9 Å². The highest BCUT2D eigenvalue weighted by atomic mass is 127.